The fraction of sp³-hybridized carbons (Fsp3) is 0.0625. The molecule has 102 valence electrons. The zero-order chi connectivity index (χ0) is 14.4. The third-order valence-corrected chi connectivity index (χ3v) is 3.38. The minimum atomic E-state index is -0.278. The zero-order valence-electron chi connectivity index (χ0n) is 11.1. The summed E-state index contributed by atoms with van der Waals surface area (Å²) in [6.07, 6.45) is 3.47. The smallest absolute Gasteiger partial charge is 0.314 e. The van der Waals surface area contributed by atoms with Crippen molar-refractivity contribution in [1.29, 1.82) is 0 Å². The Morgan fingerprint density at radius 1 is 1.10 bits per heavy atom. The molecule has 0 aromatic heterocycles. The van der Waals surface area contributed by atoms with Gasteiger partial charge in [-0.15, -0.1) is 0 Å². The molecule has 2 amide bonds. The minimum absolute atomic E-state index is 0.278. The summed E-state index contributed by atoms with van der Waals surface area (Å²) in [5.74, 6) is 0. The van der Waals surface area contributed by atoms with Crippen molar-refractivity contribution in [1.82, 2.24) is 5.32 Å². The van der Waals surface area contributed by atoms with Crippen LogP contribution in [0.25, 0.3) is 6.08 Å². The van der Waals surface area contributed by atoms with Crippen LogP contribution in [0.5, 0.6) is 0 Å². The minimum Gasteiger partial charge on any atom is -0.314 e. The van der Waals surface area contributed by atoms with Crippen LogP contribution < -0.4 is 10.6 Å². The number of carbonyl (C=O) groups excluding carboxylic acids is 1. The normalized spacial score (nSPS) is 10.5. The van der Waals surface area contributed by atoms with E-state index in [9.17, 15) is 4.79 Å². The maximum absolute atomic E-state index is 11.7. The van der Waals surface area contributed by atoms with E-state index in [2.05, 4.69) is 26.6 Å². The SMILES string of the molecule is Cc1ccc(/C=C/NC(=O)Nc2ccccc2Br)cc1. The van der Waals surface area contributed by atoms with Crippen LogP contribution in [-0.4, -0.2) is 6.03 Å². The molecule has 0 aliphatic rings. The number of benzene rings is 2. The van der Waals surface area contributed by atoms with Crippen LogP contribution >= 0.6 is 15.9 Å². The van der Waals surface area contributed by atoms with Crippen LogP contribution in [0.4, 0.5) is 10.5 Å². The van der Waals surface area contributed by atoms with E-state index in [0.29, 0.717) is 0 Å². The monoisotopic (exact) mass is 330 g/mol. The number of halogens is 1. The zero-order valence-corrected chi connectivity index (χ0v) is 12.6. The highest BCUT2D eigenvalue weighted by Gasteiger charge is 2.01. The number of anilines is 1. The number of carbonyl (C=O) groups is 1. The van der Waals surface area contributed by atoms with Crippen molar-refractivity contribution in [3.05, 3.63) is 70.3 Å². The van der Waals surface area contributed by atoms with Gasteiger partial charge in [0.05, 0.1) is 5.69 Å². The molecule has 2 aromatic rings. The average molecular weight is 331 g/mol. The lowest BCUT2D eigenvalue weighted by atomic mass is 10.1. The van der Waals surface area contributed by atoms with Crippen molar-refractivity contribution >= 4 is 33.7 Å². The fourth-order valence-corrected chi connectivity index (χ4v) is 2.00. The molecule has 0 fully saturated rings. The van der Waals surface area contributed by atoms with Crippen LogP contribution in [0.15, 0.2) is 59.2 Å². The number of aryl methyl sites for hydroxylation is 1. The lowest BCUT2D eigenvalue weighted by molar-refractivity contribution is 0.255. The summed E-state index contributed by atoms with van der Waals surface area (Å²) in [6, 6.07) is 15.2. The van der Waals surface area contributed by atoms with Gasteiger partial charge in [0.2, 0.25) is 0 Å². The van der Waals surface area contributed by atoms with Gasteiger partial charge in [0.25, 0.3) is 0 Å². The van der Waals surface area contributed by atoms with Gasteiger partial charge in [0.15, 0.2) is 0 Å². The topological polar surface area (TPSA) is 41.1 Å². The van der Waals surface area contributed by atoms with E-state index < -0.39 is 0 Å². The first-order valence-electron chi connectivity index (χ1n) is 6.20. The van der Waals surface area contributed by atoms with E-state index in [0.717, 1.165) is 15.7 Å². The maximum atomic E-state index is 11.7. The van der Waals surface area contributed by atoms with E-state index in [4.69, 9.17) is 0 Å². The highest BCUT2D eigenvalue weighted by Crippen LogP contribution is 2.20. The first-order chi connectivity index (χ1) is 9.65. The van der Waals surface area contributed by atoms with Crippen LogP contribution in [-0.2, 0) is 0 Å². The summed E-state index contributed by atoms with van der Waals surface area (Å²) in [5.41, 5.74) is 2.98. The maximum Gasteiger partial charge on any atom is 0.323 e. The number of urea groups is 1. The summed E-state index contributed by atoms with van der Waals surface area (Å²) < 4.78 is 0.845. The third kappa shape index (κ3) is 4.24. The van der Waals surface area contributed by atoms with Crippen molar-refractivity contribution in [3.63, 3.8) is 0 Å². The van der Waals surface area contributed by atoms with Crippen LogP contribution in [0, 0.1) is 6.92 Å². The Bertz CT molecular complexity index is 621. The standard InChI is InChI=1S/C16H15BrN2O/c1-12-6-8-13(9-7-12)10-11-18-16(20)19-15-5-3-2-4-14(15)17/h2-11H,1H3,(H2,18,19,20)/b11-10+. The average Bonchev–Trinajstić information content (AvgIpc) is 2.44. The Hall–Kier alpha value is -2.07. The second kappa shape index (κ2) is 6.91. The van der Waals surface area contributed by atoms with Gasteiger partial charge < -0.3 is 10.6 Å². The van der Waals surface area contributed by atoms with Crippen molar-refractivity contribution < 1.29 is 4.79 Å². The summed E-state index contributed by atoms with van der Waals surface area (Å²) in [4.78, 5) is 11.7. The van der Waals surface area contributed by atoms with Gasteiger partial charge >= 0.3 is 6.03 Å². The van der Waals surface area contributed by atoms with Gasteiger partial charge in [-0.05, 0) is 46.6 Å². The van der Waals surface area contributed by atoms with Crippen molar-refractivity contribution in [2.75, 3.05) is 5.32 Å². The molecule has 0 radical (unpaired) electrons. The van der Waals surface area contributed by atoms with Crippen LogP contribution in [0.2, 0.25) is 0 Å². The Morgan fingerprint density at radius 2 is 1.80 bits per heavy atom. The summed E-state index contributed by atoms with van der Waals surface area (Å²) >= 11 is 3.38. The summed E-state index contributed by atoms with van der Waals surface area (Å²) in [7, 11) is 0. The van der Waals surface area contributed by atoms with E-state index in [1.807, 2.05) is 61.5 Å². The summed E-state index contributed by atoms with van der Waals surface area (Å²) in [6.45, 7) is 2.04. The van der Waals surface area contributed by atoms with Crippen LogP contribution in [0.3, 0.4) is 0 Å². The Labute approximate surface area is 126 Å². The molecule has 20 heavy (non-hydrogen) atoms. The van der Waals surface area contributed by atoms with Gasteiger partial charge in [0.1, 0.15) is 0 Å². The molecule has 2 N–H and O–H groups in total. The lowest BCUT2D eigenvalue weighted by Gasteiger charge is -2.06. The third-order valence-electron chi connectivity index (χ3n) is 2.69. The van der Waals surface area contributed by atoms with Gasteiger partial charge in [0, 0.05) is 10.7 Å². The Morgan fingerprint density at radius 3 is 2.50 bits per heavy atom. The van der Waals surface area contributed by atoms with Gasteiger partial charge in [-0.3, -0.25) is 0 Å². The van der Waals surface area contributed by atoms with Gasteiger partial charge in [-0.1, -0.05) is 42.0 Å². The molecule has 2 rings (SSSR count). The number of nitrogens with one attached hydrogen (secondary N) is 2. The molecule has 0 saturated carbocycles. The van der Waals surface area contributed by atoms with E-state index in [1.165, 1.54) is 5.56 Å². The number of rotatable bonds is 3. The molecule has 0 saturated heterocycles. The predicted octanol–water partition coefficient (Wildman–Crippen LogP) is 4.55. The number of para-hydroxylation sites is 1. The molecule has 3 nitrogen and oxygen atoms in total. The van der Waals surface area contributed by atoms with Crippen molar-refractivity contribution in [2.24, 2.45) is 0 Å². The van der Waals surface area contributed by atoms with Crippen molar-refractivity contribution in [3.8, 4) is 0 Å². The molecular formula is C16H15BrN2O. The fourth-order valence-electron chi connectivity index (χ4n) is 1.61. The van der Waals surface area contributed by atoms with Crippen molar-refractivity contribution in [2.45, 2.75) is 6.92 Å². The summed E-state index contributed by atoms with van der Waals surface area (Å²) in [5, 5.41) is 5.43. The van der Waals surface area contributed by atoms with Crippen LogP contribution in [0.1, 0.15) is 11.1 Å². The van der Waals surface area contributed by atoms with Gasteiger partial charge in [-0.25, -0.2) is 4.79 Å². The van der Waals surface area contributed by atoms with Gasteiger partial charge in [-0.2, -0.15) is 0 Å². The predicted molar refractivity (Wildman–Crippen MR) is 86.5 cm³/mol. The Balaban J connectivity index is 1.89. The molecule has 0 spiro atoms. The molecular weight excluding hydrogens is 316 g/mol. The van der Waals surface area contributed by atoms with E-state index >= 15 is 0 Å². The second-order valence-electron chi connectivity index (χ2n) is 4.32. The second-order valence-corrected chi connectivity index (χ2v) is 5.18. The number of amides is 2. The quantitative estimate of drug-likeness (QED) is 0.851. The first kappa shape index (κ1) is 14.3. The highest BCUT2D eigenvalue weighted by atomic mass is 79.9. The first-order valence-corrected chi connectivity index (χ1v) is 7.00. The Kier molecular flexibility index (Phi) is 4.96. The largest absolute Gasteiger partial charge is 0.323 e. The molecule has 0 heterocycles. The molecule has 2 aromatic carbocycles. The number of hydrogen-bond donors (Lipinski definition) is 2. The highest BCUT2D eigenvalue weighted by molar-refractivity contribution is 9.10. The van der Waals surface area contributed by atoms with E-state index in [1.54, 1.807) is 6.20 Å². The molecule has 0 aliphatic heterocycles. The van der Waals surface area contributed by atoms with E-state index in [-0.39, 0.29) is 6.03 Å². The molecule has 0 atom stereocenters. The molecule has 4 heteroatoms. The molecule has 0 aliphatic carbocycles. The molecule has 0 bridgehead atoms. The number of hydrogen-bond acceptors (Lipinski definition) is 1. The molecule has 0 unspecified atom stereocenters. The lowest BCUT2D eigenvalue weighted by Crippen LogP contribution is -2.23.